The number of imidazole rings is 1. The number of carbonyl (C=O) groups is 1. The van der Waals surface area contributed by atoms with Crippen LogP contribution in [0.1, 0.15) is 18.1 Å². The second kappa shape index (κ2) is 11.8. The number of ether oxygens (including phenoxy) is 1. The number of nitrogens with one attached hydrogen (secondary N) is 2. The number of aromatic nitrogens is 3. The molecule has 7 nitrogen and oxygen atoms in total. The van der Waals surface area contributed by atoms with Crippen molar-refractivity contribution >= 4 is 40.4 Å². The van der Waals surface area contributed by atoms with Gasteiger partial charge in [-0.15, -0.1) is 0 Å². The normalized spacial score (nSPS) is 10.9. The summed E-state index contributed by atoms with van der Waals surface area (Å²) < 4.78 is 5.10. The molecule has 0 spiro atoms. The van der Waals surface area contributed by atoms with E-state index in [1.165, 1.54) is 5.56 Å². The number of benzene rings is 3. The van der Waals surface area contributed by atoms with Crippen molar-refractivity contribution in [2.24, 2.45) is 0 Å². The molecule has 0 aliphatic rings. The molecular formula is C30H28ClN5O2. The smallest absolute Gasteiger partial charge is 0.412 e. The summed E-state index contributed by atoms with van der Waals surface area (Å²) in [6, 6.07) is 29.9. The molecule has 2 heterocycles. The second-order valence-electron chi connectivity index (χ2n) is 8.81. The van der Waals surface area contributed by atoms with Gasteiger partial charge < -0.3 is 14.6 Å². The van der Waals surface area contributed by atoms with Crippen LogP contribution in [0.5, 0.6) is 0 Å². The number of hydrogen-bond donors (Lipinski definition) is 2. The standard InChI is InChI=1S/C30H28ClN5O2/c1-2-38-30(37)34-26-19-25-27(35-28(32-25)23-13-15-24(31)16-14-23)29(33-26)36(20-22-11-7-4-8-12-22)18-17-21-9-5-3-6-10-21/h3-16,19H,2,17-18,20H2,1H3,(H,32,35)(H,33,34,37). The lowest BCUT2D eigenvalue weighted by Crippen LogP contribution is -2.27. The Bertz CT molecular complexity index is 1510. The maximum atomic E-state index is 12.3. The van der Waals surface area contributed by atoms with Gasteiger partial charge in [0.1, 0.15) is 17.2 Å². The van der Waals surface area contributed by atoms with Crippen molar-refractivity contribution in [3.8, 4) is 11.4 Å². The SMILES string of the molecule is CCOC(=O)Nc1cc2[nH]c(-c3ccc(Cl)cc3)nc2c(N(CCc2ccccc2)Cc2ccccc2)n1. The number of amides is 1. The van der Waals surface area contributed by atoms with Crippen molar-refractivity contribution in [2.45, 2.75) is 19.9 Å². The maximum Gasteiger partial charge on any atom is 0.412 e. The molecule has 2 aromatic heterocycles. The second-order valence-corrected chi connectivity index (χ2v) is 9.24. The van der Waals surface area contributed by atoms with Gasteiger partial charge in [0.15, 0.2) is 5.82 Å². The molecule has 1 amide bonds. The zero-order valence-corrected chi connectivity index (χ0v) is 21.8. The first-order chi connectivity index (χ1) is 18.6. The number of aromatic amines is 1. The summed E-state index contributed by atoms with van der Waals surface area (Å²) in [6.07, 6.45) is 0.266. The molecule has 0 saturated carbocycles. The Balaban J connectivity index is 1.59. The van der Waals surface area contributed by atoms with Crippen molar-refractivity contribution in [3.05, 3.63) is 107 Å². The average molecular weight is 526 g/mol. The molecule has 192 valence electrons. The number of anilines is 2. The van der Waals surface area contributed by atoms with Crippen LogP contribution in [0.25, 0.3) is 22.4 Å². The van der Waals surface area contributed by atoms with Gasteiger partial charge in [0.2, 0.25) is 0 Å². The van der Waals surface area contributed by atoms with Gasteiger partial charge in [0.05, 0.1) is 12.1 Å². The molecule has 3 aromatic carbocycles. The number of rotatable bonds is 9. The summed E-state index contributed by atoms with van der Waals surface area (Å²) in [5, 5.41) is 3.42. The minimum Gasteiger partial charge on any atom is -0.450 e. The highest BCUT2D eigenvalue weighted by Gasteiger charge is 2.19. The van der Waals surface area contributed by atoms with Crippen molar-refractivity contribution in [2.75, 3.05) is 23.4 Å². The van der Waals surface area contributed by atoms with Crippen molar-refractivity contribution in [1.82, 2.24) is 15.0 Å². The summed E-state index contributed by atoms with van der Waals surface area (Å²) >= 11 is 6.10. The molecule has 0 atom stereocenters. The highest BCUT2D eigenvalue weighted by molar-refractivity contribution is 6.30. The molecule has 0 unspecified atom stereocenters. The lowest BCUT2D eigenvalue weighted by molar-refractivity contribution is 0.168. The molecule has 0 fully saturated rings. The van der Waals surface area contributed by atoms with E-state index in [4.69, 9.17) is 26.3 Å². The lowest BCUT2D eigenvalue weighted by atomic mass is 10.1. The Hall–Kier alpha value is -4.36. The van der Waals surface area contributed by atoms with E-state index in [2.05, 4.69) is 39.5 Å². The fourth-order valence-electron chi connectivity index (χ4n) is 4.27. The van der Waals surface area contributed by atoms with Gasteiger partial charge in [-0.05, 0) is 48.7 Å². The number of carbonyl (C=O) groups excluding carboxylic acids is 1. The van der Waals surface area contributed by atoms with E-state index < -0.39 is 6.09 Å². The molecule has 5 rings (SSSR count). The van der Waals surface area contributed by atoms with Gasteiger partial charge >= 0.3 is 6.09 Å². The van der Waals surface area contributed by atoms with E-state index in [0.717, 1.165) is 23.1 Å². The van der Waals surface area contributed by atoms with E-state index in [1.807, 2.05) is 60.7 Å². The number of fused-ring (bicyclic) bond motifs is 1. The van der Waals surface area contributed by atoms with Crippen LogP contribution >= 0.6 is 11.6 Å². The van der Waals surface area contributed by atoms with Crippen LogP contribution in [-0.4, -0.2) is 34.2 Å². The molecule has 0 bridgehead atoms. The zero-order valence-electron chi connectivity index (χ0n) is 21.0. The Morgan fingerprint density at radius 1 is 0.947 bits per heavy atom. The molecule has 5 aromatic rings. The zero-order chi connectivity index (χ0) is 26.3. The Labute approximate surface area is 226 Å². The molecular weight excluding hydrogens is 498 g/mol. The molecule has 0 radical (unpaired) electrons. The van der Waals surface area contributed by atoms with Gasteiger partial charge in [0.25, 0.3) is 0 Å². The molecule has 0 saturated heterocycles. The van der Waals surface area contributed by atoms with E-state index >= 15 is 0 Å². The predicted molar refractivity (Wildman–Crippen MR) is 153 cm³/mol. The van der Waals surface area contributed by atoms with Crippen LogP contribution in [0.4, 0.5) is 16.4 Å². The predicted octanol–water partition coefficient (Wildman–Crippen LogP) is 7.10. The third kappa shape index (κ3) is 6.12. The summed E-state index contributed by atoms with van der Waals surface area (Å²) in [6.45, 7) is 3.36. The van der Waals surface area contributed by atoms with E-state index in [9.17, 15) is 4.79 Å². The van der Waals surface area contributed by atoms with Crippen molar-refractivity contribution < 1.29 is 9.53 Å². The Morgan fingerprint density at radius 3 is 2.32 bits per heavy atom. The summed E-state index contributed by atoms with van der Waals surface area (Å²) in [5.74, 6) is 1.75. The minimum atomic E-state index is -0.554. The van der Waals surface area contributed by atoms with Crippen LogP contribution in [0.3, 0.4) is 0 Å². The topological polar surface area (TPSA) is 83.1 Å². The number of hydrogen-bond acceptors (Lipinski definition) is 5. The quantitative estimate of drug-likeness (QED) is 0.214. The van der Waals surface area contributed by atoms with E-state index in [0.29, 0.717) is 41.1 Å². The number of nitrogens with zero attached hydrogens (tertiary/aromatic N) is 3. The molecule has 8 heteroatoms. The minimum absolute atomic E-state index is 0.267. The third-order valence-electron chi connectivity index (χ3n) is 6.10. The molecule has 2 N–H and O–H groups in total. The lowest BCUT2D eigenvalue weighted by Gasteiger charge is -2.25. The van der Waals surface area contributed by atoms with Crippen LogP contribution in [-0.2, 0) is 17.7 Å². The molecule has 38 heavy (non-hydrogen) atoms. The van der Waals surface area contributed by atoms with Gasteiger partial charge in [0, 0.05) is 29.7 Å². The molecule has 0 aliphatic heterocycles. The van der Waals surface area contributed by atoms with Crippen LogP contribution in [0, 0.1) is 0 Å². The Kier molecular flexibility index (Phi) is 7.85. The summed E-state index contributed by atoms with van der Waals surface area (Å²) in [4.78, 5) is 27.7. The first-order valence-electron chi connectivity index (χ1n) is 12.5. The first-order valence-corrected chi connectivity index (χ1v) is 12.9. The molecule has 0 aliphatic carbocycles. The van der Waals surface area contributed by atoms with Gasteiger partial charge in [-0.1, -0.05) is 72.3 Å². The first kappa shape index (κ1) is 25.3. The monoisotopic (exact) mass is 525 g/mol. The van der Waals surface area contributed by atoms with E-state index in [-0.39, 0.29) is 6.61 Å². The fraction of sp³-hybridized carbons (Fsp3) is 0.167. The maximum absolute atomic E-state index is 12.3. The van der Waals surface area contributed by atoms with Gasteiger partial charge in [-0.2, -0.15) is 0 Å². The van der Waals surface area contributed by atoms with Gasteiger partial charge in [-0.3, -0.25) is 5.32 Å². The van der Waals surface area contributed by atoms with E-state index in [1.54, 1.807) is 13.0 Å². The van der Waals surface area contributed by atoms with Gasteiger partial charge in [-0.25, -0.2) is 14.8 Å². The number of pyridine rings is 1. The third-order valence-corrected chi connectivity index (χ3v) is 6.36. The number of H-pyrrole nitrogens is 1. The Morgan fingerprint density at radius 2 is 1.63 bits per heavy atom. The fourth-order valence-corrected chi connectivity index (χ4v) is 4.40. The van der Waals surface area contributed by atoms with Crippen molar-refractivity contribution in [1.29, 1.82) is 0 Å². The average Bonchev–Trinajstić information content (AvgIpc) is 3.36. The number of halogens is 1. The highest BCUT2D eigenvalue weighted by Crippen LogP contribution is 2.31. The highest BCUT2D eigenvalue weighted by atomic mass is 35.5. The summed E-state index contributed by atoms with van der Waals surface area (Å²) in [7, 11) is 0. The van der Waals surface area contributed by atoms with Crippen LogP contribution in [0.2, 0.25) is 5.02 Å². The van der Waals surface area contributed by atoms with Crippen molar-refractivity contribution in [3.63, 3.8) is 0 Å². The summed E-state index contributed by atoms with van der Waals surface area (Å²) in [5.41, 5.74) is 4.74. The van der Waals surface area contributed by atoms with Crippen LogP contribution < -0.4 is 10.2 Å². The van der Waals surface area contributed by atoms with Crippen LogP contribution in [0.15, 0.2) is 91.0 Å². The largest absolute Gasteiger partial charge is 0.450 e.